The Morgan fingerprint density at radius 1 is 1.33 bits per heavy atom. The first-order valence-electron chi connectivity index (χ1n) is 6.29. The van der Waals surface area contributed by atoms with Gasteiger partial charge < -0.3 is 11.1 Å². The zero-order chi connectivity index (χ0) is 13.4. The number of nitrogens with one attached hydrogen (secondary N) is 1. The number of anilines is 1. The van der Waals surface area contributed by atoms with E-state index in [9.17, 15) is 4.79 Å². The summed E-state index contributed by atoms with van der Waals surface area (Å²) in [5.74, 6) is 0.0841. The van der Waals surface area contributed by atoms with Crippen LogP contribution in [0.2, 0.25) is 0 Å². The van der Waals surface area contributed by atoms with Gasteiger partial charge in [0, 0.05) is 5.69 Å². The molecule has 1 aromatic rings. The second-order valence-electron chi connectivity index (χ2n) is 4.45. The summed E-state index contributed by atoms with van der Waals surface area (Å²) in [5.41, 5.74) is 7.61. The fourth-order valence-corrected chi connectivity index (χ4v) is 1.94. The molecule has 0 bridgehead atoms. The van der Waals surface area contributed by atoms with Gasteiger partial charge in [-0.05, 0) is 44.9 Å². The average Bonchev–Trinajstić information content (AvgIpc) is 2.39. The molecule has 18 heavy (non-hydrogen) atoms. The van der Waals surface area contributed by atoms with Gasteiger partial charge in [-0.25, -0.2) is 0 Å². The molecule has 0 heterocycles. The molecule has 0 spiro atoms. The Bertz CT molecular complexity index is 365. The van der Waals surface area contributed by atoms with E-state index >= 15 is 0 Å². The summed E-state index contributed by atoms with van der Waals surface area (Å²) in [5, 5.41) is 3.24. The van der Waals surface area contributed by atoms with Crippen molar-refractivity contribution < 1.29 is 4.79 Å². The summed E-state index contributed by atoms with van der Waals surface area (Å²) in [6.07, 6.45) is 2.64. The molecule has 1 unspecified atom stereocenters. The van der Waals surface area contributed by atoms with Crippen LogP contribution in [-0.2, 0) is 4.79 Å². The zero-order valence-electron chi connectivity index (χ0n) is 10.8. The highest BCUT2D eigenvalue weighted by Gasteiger charge is 2.16. The minimum atomic E-state index is -0.211. The van der Waals surface area contributed by atoms with E-state index in [0.717, 1.165) is 24.9 Å². The Labute approximate surface area is 114 Å². The molecule has 3 nitrogen and oxygen atoms in total. The SMILES string of the molecule is Cc1ccc(NC(CCCCN)C(=O)CCl)cc1. The van der Waals surface area contributed by atoms with Crippen LogP contribution in [0.25, 0.3) is 0 Å². The second kappa shape index (κ2) is 8.11. The average molecular weight is 269 g/mol. The number of Topliss-reactive ketones (excluding diaryl/α,β-unsaturated/α-hetero) is 1. The molecule has 0 aliphatic carbocycles. The van der Waals surface area contributed by atoms with Crippen molar-refractivity contribution in [2.75, 3.05) is 17.7 Å². The number of rotatable bonds is 8. The molecule has 100 valence electrons. The molecule has 0 aliphatic heterocycles. The van der Waals surface area contributed by atoms with Crippen LogP contribution in [0.4, 0.5) is 5.69 Å². The molecule has 0 fully saturated rings. The van der Waals surface area contributed by atoms with Crippen LogP contribution in [0.3, 0.4) is 0 Å². The first-order chi connectivity index (χ1) is 8.67. The van der Waals surface area contributed by atoms with Crippen molar-refractivity contribution >= 4 is 23.1 Å². The number of unbranched alkanes of at least 4 members (excludes halogenated alkanes) is 1. The van der Waals surface area contributed by atoms with Gasteiger partial charge in [0.15, 0.2) is 5.78 Å². The fourth-order valence-electron chi connectivity index (χ4n) is 1.75. The summed E-state index contributed by atoms with van der Waals surface area (Å²) < 4.78 is 0. The summed E-state index contributed by atoms with van der Waals surface area (Å²) in [6.45, 7) is 2.69. The molecule has 0 saturated carbocycles. The van der Waals surface area contributed by atoms with E-state index in [1.807, 2.05) is 31.2 Å². The number of ketones is 1. The quantitative estimate of drug-likeness (QED) is 0.563. The van der Waals surface area contributed by atoms with Crippen molar-refractivity contribution in [1.29, 1.82) is 0 Å². The monoisotopic (exact) mass is 268 g/mol. The van der Waals surface area contributed by atoms with Crippen molar-refractivity contribution in [2.24, 2.45) is 5.73 Å². The van der Waals surface area contributed by atoms with Gasteiger partial charge in [0.25, 0.3) is 0 Å². The standard InChI is InChI=1S/C14H21ClN2O/c1-11-5-7-12(8-6-11)17-13(14(18)10-15)4-2-3-9-16/h5-8,13,17H,2-4,9-10,16H2,1H3. The topological polar surface area (TPSA) is 55.1 Å². The minimum Gasteiger partial charge on any atom is -0.375 e. The molecule has 1 rings (SSSR count). The maximum absolute atomic E-state index is 11.8. The van der Waals surface area contributed by atoms with E-state index in [0.29, 0.717) is 6.54 Å². The first kappa shape index (κ1) is 15.0. The van der Waals surface area contributed by atoms with Crippen LogP contribution < -0.4 is 11.1 Å². The Balaban J connectivity index is 2.59. The molecule has 0 radical (unpaired) electrons. The molecule has 4 heteroatoms. The third-order valence-electron chi connectivity index (χ3n) is 2.86. The maximum Gasteiger partial charge on any atom is 0.169 e. The van der Waals surface area contributed by atoms with Crippen molar-refractivity contribution in [3.05, 3.63) is 29.8 Å². The van der Waals surface area contributed by atoms with Crippen molar-refractivity contribution in [2.45, 2.75) is 32.2 Å². The third kappa shape index (κ3) is 5.07. The summed E-state index contributed by atoms with van der Waals surface area (Å²) in [6, 6.07) is 7.78. The molecule has 0 amide bonds. The van der Waals surface area contributed by atoms with Crippen LogP contribution in [0.1, 0.15) is 24.8 Å². The first-order valence-corrected chi connectivity index (χ1v) is 6.82. The van der Waals surface area contributed by atoms with Crippen molar-refractivity contribution in [3.63, 3.8) is 0 Å². The van der Waals surface area contributed by atoms with Gasteiger partial charge in [-0.1, -0.05) is 17.7 Å². The van der Waals surface area contributed by atoms with Crippen LogP contribution in [-0.4, -0.2) is 24.2 Å². The minimum absolute atomic E-state index is 0.0364. The number of aryl methyl sites for hydroxylation is 1. The third-order valence-corrected chi connectivity index (χ3v) is 3.12. The fraction of sp³-hybridized carbons (Fsp3) is 0.500. The number of carbonyl (C=O) groups is 1. The lowest BCUT2D eigenvalue weighted by Gasteiger charge is -2.18. The number of hydrogen-bond acceptors (Lipinski definition) is 3. The molecular weight excluding hydrogens is 248 g/mol. The largest absolute Gasteiger partial charge is 0.375 e. The highest BCUT2D eigenvalue weighted by molar-refractivity contribution is 6.28. The summed E-state index contributed by atoms with van der Waals surface area (Å²) in [7, 11) is 0. The smallest absolute Gasteiger partial charge is 0.169 e. The number of carbonyl (C=O) groups excluding carboxylic acids is 1. The molecule has 0 saturated heterocycles. The van der Waals surface area contributed by atoms with E-state index in [2.05, 4.69) is 5.32 Å². The van der Waals surface area contributed by atoms with Gasteiger partial charge in [0.2, 0.25) is 0 Å². The lowest BCUT2D eigenvalue weighted by Crippen LogP contribution is -2.30. The highest BCUT2D eigenvalue weighted by Crippen LogP contribution is 2.13. The molecular formula is C14H21ClN2O. The van der Waals surface area contributed by atoms with Crippen LogP contribution >= 0.6 is 11.6 Å². The molecule has 3 N–H and O–H groups in total. The van der Waals surface area contributed by atoms with Gasteiger partial charge in [0.1, 0.15) is 0 Å². The Morgan fingerprint density at radius 3 is 2.56 bits per heavy atom. The Morgan fingerprint density at radius 2 is 2.00 bits per heavy atom. The van der Waals surface area contributed by atoms with E-state index in [1.165, 1.54) is 5.56 Å². The van der Waals surface area contributed by atoms with Gasteiger partial charge in [-0.3, -0.25) is 4.79 Å². The van der Waals surface area contributed by atoms with Gasteiger partial charge in [-0.15, -0.1) is 11.6 Å². The number of nitrogens with two attached hydrogens (primary N) is 1. The molecule has 0 aliphatic rings. The van der Waals surface area contributed by atoms with Gasteiger partial charge in [-0.2, -0.15) is 0 Å². The summed E-state index contributed by atoms with van der Waals surface area (Å²) >= 11 is 5.64. The zero-order valence-corrected chi connectivity index (χ0v) is 11.5. The number of benzene rings is 1. The normalized spacial score (nSPS) is 12.2. The summed E-state index contributed by atoms with van der Waals surface area (Å²) in [4.78, 5) is 11.8. The van der Waals surface area contributed by atoms with Crippen LogP contribution in [0, 0.1) is 6.92 Å². The number of halogens is 1. The lowest BCUT2D eigenvalue weighted by atomic mass is 10.1. The van der Waals surface area contributed by atoms with Gasteiger partial charge >= 0.3 is 0 Å². The lowest BCUT2D eigenvalue weighted by molar-refractivity contribution is -0.117. The number of alkyl halides is 1. The van der Waals surface area contributed by atoms with E-state index < -0.39 is 0 Å². The van der Waals surface area contributed by atoms with E-state index in [-0.39, 0.29) is 17.7 Å². The van der Waals surface area contributed by atoms with E-state index in [4.69, 9.17) is 17.3 Å². The molecule has 1 atom stereocenters. The number of hydrogen-bond donors (Lipinski definition) is 2. The maximum atomic E-state index is 11.8. The van der Waals surface area contributed by atoms with Crippen molar-refractivity contribution in [1.82, 2.24) is 0 Å². The van der Waals surface area contributed by atoms with Crippen LogP contribution in [0.15, 0.2) is 24.3 Å². The Kier molecular flexibility index (Phi) is 6.76. The Hall–Kier alpha value is -1.06. The predicted molar refractivity (Wildman–Crippen MR) is 77.2 cm³/mol. The predicted octanol–water partition coefficient (Wildman–Crippen LogP) is 2.71. The van der Waals surface area contributed by atoms with Crippen LogP contribution in [0.5, 0.6) is 0 Å². The van der Waals surface area contributed by atoms with Gasteiger partial charge in [0.05, 0.1) is 11.9 Å². The highest BCUT2D eigenvalue weighted by atomic mass is 35.5. The van der Waals surface area contributed by atoms with Crippen molar-refractivity contribution in [3.8, 4) is 0 Å². The molecule has 0 aromatic heterocycles. The van der Waals surface area contributed by atoms with E-state index in [1.54, 1.807) is 0 Å². The second-order valence-corrected chi connectivity index (χ2v) is 4.71. The molecule has 1 aromatic carbocycles.